The Morgan fingerprint density at radius 3 is 2.55 bits per heavy atom. The first-order valence-corrected chi connectivity index (χ1v) is 24.1. The summed E-state index contributed by atoms with van der Waals surface area (Å²) in [6.07, 6.45) is 11.0. The number of amides is 1. The average molecular weight is 908 g/mol. The predicted octanol–water partition coefficient (Wildman–Crippen LogP) is 8.04. The van der Waals surface area contributed by atoms with Crippen molar-refractivity contribution in [2.45, 2.75) is 101 Å². The summed E-state index contributed by atoms with van der Waals surface area (Å²) in [7, 11) is -4.66. The number of piperidine rings is 1. The number of rotatable bonds is 13. The molecule has 3 aromatic heterocycles. The van der Waals surface area contributed by atoms with E-state index in [1.54, 1.807) is 31.3 Å². The van der Waals surface area contributed by atoms with Crippen LogP contribution in [-0.2, 0) is 14.8 Å². The first-order valence-electron chi connectivity index (χ1n) is 22.6. The van der Waals surface area contributed by atoms with Gasteiger partial charge in [0.2, 0.25) is 0 Å². The summed E-state index contributed by atoms with van der Waals surface area (Å²) in [6, 6.07) is 19.0. The molecule has 5 aromatic rings. The largest absolute Gasteiger partial charge is 0.473 e. The number of nitro groups is 1. The van der Waals surface area contributed by atoms with Crippen molar-refractivity contribution >= 4 is 38.3 Å². The highest BCUT2D eigenvalue weighted by Crippen LogP contribution is 2.53. The molecule has 0 bridgehead atoms. The first-order chi connectivity index (χ1) is 31.2. The normalized spacial score (nSPS) is 22.8. The molecule has 4 fully saturated rings. The minimum absolute atomic E-state index is 0.0535. The molecule has 2 aromatic carbocycles. The number of hydrogen-bond donors (Lipinski definition) is 3. The molecule has 2 saturated heterocycles. The molecule has 5 heterocycles. The minimum atomic E-state index is -4.66. The van der Waals surface area contributed by atoms with Crippen LogP contribution in [0.1, 0.15) is 106 Å². The Hall–Kier alpha value is -5.62. The smallest absolute Gasteiger partial charge is 0.332 e. The number of aromatic amines is 1. The summed E-state index contributed by atoms with van der Waals surface area (Å²) in [6.45, 7) is 10.4. The zero-order valence-electron chi connectivity index (χ0n) is 37.1. The predicted molar refractivity (Wildman–Crippen MR) is 244 cm³/mol. The van der Waals surface area contributed by atoms with Crippen LogP contribution >= 0.6 is 0 Å². The molecule has 65 heavy (non-hydrogen) atoms. The van der Waals surface area contributed by atoms with E-state index < -0.39 is 37.0 Å². The fourth-order valence-corrected chi connectivity index (χ4v) is 11.2. The summed E-state index contributed by atoms with van der Waals surface area (Å²) in [5.74, 6) is -0.373. The van der Waals surface area contributed by atoms with Gasteiger partial charge in [-0.25, -0.2) is 23.1 Å². The molecule has 1 amide bonds. The van der Waals surface area contributed by atoms with Gasteiger partial charge in [-0.05, 0) is 111 Å². The van der Waals surface area contributed by atoms with Gasteiger partial charge in [0.15, 0.2) is 0 Å². The van der Waals surface area contributed by atoms with Crippen molar-refractivity contribution in [1.82, 2.24) is 24.6 Å². The summed E-state index contributed by atoms with van der Waals surface area (Å²) in [5, 5.41) is 23.1. The van der Waals surface area contributed by atoms with Gasteiger partial charge in [0.05, 0.1) is 54.3 Å². The van der Waals surface area contributed by atoms with Gasteiger partial charge in [0.1, 0.15) is 22.0 Å². The third-order valence-corrected chi connectivity index (χ3v) is 15.4. The number of carbonyl (C=O) groups excluding carboxylic acids is 1. The molecule has 3 N–H and O–H groups in total. The van der Waals surface area contributed by atoms with Crippen molar-refractivity contribution in [1.29, 1.82) is 0 Å². The van der Waals surface area contributed by atoms with Gasteiger partial charge < -0.3 is 29.2 Å². The number of sulfonamides is 1. The second kappa shape index (κ2) is 18.0. The Morgan fingerprint density at radius 1 is 1.03 bits per heavy atom. The minimum Gasteiger partial charge on any atom is -0.473 e. The van der Waals surface area contributed by atoms with Gasteiger partial charge in [0, 0.05) is 55.1 Å². The number of fused-ring (bicyclic) bond motifs is 1. The molecule has 4 aliphatic rings. The van der Waals surface area contributed by atoms with Crippen LogP contribution in [0.5, 0.6) is 17.4 Å². The van der Waals surface area contributed by atoms with Gasteiger partial charge >= 0.3 is 5.69 Å². The summed E-state index contributed by atoms with van der Waals surface area (Å²) in [5.41, 5.74) is 3.02. The van der Waals surface area contributed by atoms with E-state index in [9.17, 15) is 28.4 Å². The average Bonchev–Trinajstić information content (AvgIpc) is 3.76. The molecule has 9 rings (SSSR count). The fourth-order valence-electron chi connectivity index (χ4n) is 10.3. The Balaban J connectivity index is 0.898. The molecule has 17 heteroatoms. The van der Waals surface area contributed by atoms with E-state index in [-0.39, 0.29) is 41.2 Å². The molecule has 0 radical (unpaired) electrons. The zero-order chi connectivity index (χ0) is 45.5. The number of nitrogens with zero attached hydrogens (tertiary/aromatic N) is 5. The van der Waals surface area contributed by atoms with E-state index in [0.717, 1.165) is 75.3 Å². The molecule has 2 aliphatic carbocycles. The number of carbonyl (C=O) groups is 1. The number of anilines is 1. The number of nitrogens with one attached hydrogen (secondary N) is 2. The van der Waals surface area contributed by atoms with Crippen LogP contribution in [0.25, 0.3) is 11.0 Å². The molecular weight excluding hydrogens is 851 g/mol. The number of ether oxygens (including phenoxy) is 3. The highest BCUT2D eigenvalue weighted by molar-refractivity contribution is 7.90. The van der Waals surface area contributed by atoms with Crippen LogP contribution < -0.4 is 19.1 Å². The van der Waals surface area contributed by atoms with Gasteiger partial charge in [-0.15, -0.1) is 0 Å². The van der Waals surface area contributed by atoms with E-state index >= 15 is 0 Å². The monoisotopic (exact) mass is 907 g/mol. The number of H-pyrrole nitrogens is 1. The quantitative estimate of drug-likeness (QED) is 0.0758. The van der Waals surface area contributed by atoms with E-state index in [1.165, 1.54) is 23.4 Å². The van der Waals surface area contributed by atoms with Crippen LogP contribution in [0.4, 0.5) is 11.4 Å². The third kappa shape index (κ3) is 9.55. The van der Waals surface area contributed by atoms with Crippen LogP contribution in [-0.4, -0.2) is 95.3 Å². The molecule has 0 unspecified atom stereocenters. The zero-order valence-corrected chi connectivity index (χ0v) is 37.9. The van der Waals surface area contributed by atoms with Crippen molar-refractivity contribution in [2.24, 2.45) is 11.3 Å². The molecule has 2 aliphatic heterocycles. The lowest BCUT2D eigenvalue weighted by atomic mass is 9.59. The van der Waals surface area contributed by atoms with E-state index in [1.807, 2.05) is 6.07 Å². The number of aromatic nitrogens is 3. The van der Waals surface area contributed by atoms with Crippen LogP contribution in [0.15, 0.2) is 84.1 Å². The first kappa shape index (κ1) is 44.6. The van der Waals surface area contributed by atoms with Crippen molar-refractivity contribution in [2.75, 3.05) is 44.4 Å². The molecule has 2 saturated carbocycles. The van der Waals surface area contributed by atoms with E-state index in [0.29, 0.717) is 55.6 Å². The van der Waals surface area contributed by atoms with Gasteiger partial charge in [0.25, 0.3) is 21.8 Å². The van der Waals surface area contributed by atoms with Gasteiger partial charge in [-0.3, -0.25) is 19.8 Å². The number of aliphatic hydroxyl groups is 1. The highest BCUT2D eigenvalue weighted by Gasteiger charge is 2.50. The topological polar surface area (TPSA) is 202 Å². The number of pyridine rings is 2. The van der Waals surface area contributed by atoms with E-state index in [2.05, 4.69) is 67.6 Å². The molecular formula is C48H57N7O9S. The lowest BCUT2D eigenvalue weighted by molar-refractivity contribution is -0.386. The highest BCUT2D eigenvalue weighted by atomic mass is 32.2. The maximum absolute atomic E-state index is 14.0. The number of hydrogen-bond acceptors (Lipinski definition) is 13. The summed E-state index contributed by atoms with van der Waals surface area (Å²) >= 11 is 0. The van der Waals surface area contributed by atoms with Gasteiger partial charge in [-0.1, -0.05) is 38.1 Å². The van der Waals surface area contributed by atoms with Crippen LogP contribution in [0.3, 0.4) is 0 Å². The standard InChI is InChI=1S/C48H57N7O9S/c1-31(2)38-6-4-5-7-39(38)42-30-62-21-20-54(42)35-25-48(26-35)15-18-53(19-16-48)34-8-9-40(43(23-34)64-36-22-33-12-17-49-44(33)50-27-36)45(56)52-65(60,61)37-24-41(55(58)59)46(51-28-37)63-29-32-10-13-47(3,57)14-11-32/h4-9,12,17,22-24,27-28,31-32,35,42,57H,10-11,13-16,18-21,25-26,29-30H2,1-3H3,(H,49,50)(H,52,56)/t32-,42-,47-/m1/s1. The fraction of sp³-hybridized carbons (Fsp3) is 0.479. The number of morpholine rings is 1. The Labute approximate surface area is 378 Å². The second-order valence-electron chi connectivity index (χ2n) is 19.0. The van der Waals surface area contributed by atoms with Crippen LogP contribution in [0.2, 0.25) is 0 Å². The molecule has 1 atom stereocenters. The van der Waals surface area contributed by atoms with Crippen molar-refractivity contribution < 1.29 is 37.5 Å². The third-order valence-electron chi connectivity index (χ3n) is 14.1. The van der Waals surface area contributed by atoms with Crippen LogP contribution in [0, 0.1) is 21.4 Å². The summed E-state index contributed by atoms with van der Waals surface area (Å²) in [4.78, 5) is 41.1. The summed E-state index contributed by atoms with van der Waals surface area (Å²) < 4.78 is 47.5. The Kier molecular flexibility index (Phi) is 12.3. The van der Waals surface area contributed by atoms with Crippen molar-refractivity contribution in [3.8, 4) is 17.4 Å². The molecule has 16 nitrogen and oxygen atoms in total. The van der Waals surface area contributed by atoms with E-state index in [4.69, 9.17) is 14.2 Å². The SMILES string of the molecule is CC(C)c1ccccc1[C@H]1COCCN1C1CC2(CCN(c3ccc(C(=O)NS(=O)(=O)c4cnc(OC[C@H]5CC[C@](C)(O)CC5)c([N+](=O)[O-])c4)c(Oc4cnc5[nH]ccc5c4)c3)CC2)C1. The Bertz CT molecular complexity index is 2660. The Morgan fingerprint density at radius 2 is 1.80 bits per heavy atom. The maximum atomic E-state index is 14.0. The molecule has 1 spiro atoms. The maximum Gasteiger partial charge on any atom is 0.332 e. The molecule has 344 valence electrons. The lowest BCUT2D eigenvalue weighted by Gasteiger charge is -2.57. The second-order valence-corrected chi connectivity index (χ2v) is 20.7. The van der Waals surface area contributed by atoms with Crippen molar-refractivity contribution in [3.05, 3.63) is 106 Å². The van der Waals surface area contributed by atoms with Crippen molar-refractivity contribution in [3.63, 3.8) is 0 Å². The number of benzene rings is 2. The van der Waals surface area contributed by atoms with Gasteiger partial charge in [-0.2, -0.15) is 0 Å². The lowest BCUT2D eigenvalue weighted by Crippen LogP contribution is -2.58.